The number of carbonyl (C=O) groups is 1. The number of anilines is 1. The summed E-state index contributed by atoms with van der Waals surface area (Å²) in [6, 6.07) is 21.5. The number of thiophene rings is 1. The maximum Gasteiger partial charge on any atom is 0.335 e. The Morgan fingerprint density at radius 1 is 1.03 bits per heavy atom. The van der Waals surface area contributed by atoms with E-state index >= 15 is 0 Å². The molecule has 0 aliphatic rings. The first-order valence-corrected chi connectivity index (χ1v) is 12.7. The van der Waals surface area contributed by atoms with Crippen LogP contribution >= 0.6 is 23.1 Å². The summed E-state index contributed by atoms with van der Waals surface area (Å²) < 4.78 is 29.9. The summed E-state index contributed by atoms with van der Waals surface area (Å²) >= 11 is 2.63. The van der Waals surface area contributed by atoms with E-state index in [4.69, 9.17) is 0 Å². The van der Waals surface area contributed by atoms with Crippen LogP contribution in [-0.4, -0.2) is 19.5 Å². The van der Waals surface area contributed by atoms with E-state index in [0.717, 1.165) is 20.5 Å². The van der Waals surface area contributed by atoms with Gasteiger partial charge < -0.3 is 5.11 Å². The van der Waals surface area contributed by atoms with E-state index < -0.39 is 16.0 Å². The van der Waals surface area contributed by atoms with Crippen molar-refractivity contribution in [1.82, 2.24) is 0 Å². The van der Waals surface area contributed by atoms with Gasteiger partial charge in [0.2, 0.25) is 0 Å². The first-order chi connectivity index (χ1) is 14.8. The molecule has 0 spiro atoms. The van der Waals surface area contributed by atoms with Crippen molar-refractivity contribution in [2.24, 2.45) is 0 Å². The number of carboxylic acid groups (broad SMARTS) is 1. The van der Waals surface area contributed by atoms with Gasteiger partial charge in [0.15, 0.2) is 0 Å². The Hall–Kier alpha value is -2.81. The van der Waals surface area contributed by atoms with E-state index in [0.29, 0.717) is 17.0 Å². The molecule has 0 saturated heterocycles. The quantitative estimate of drug-likeness (QED) is 0.324. The lowest BCUT2D eigenvalue weighted by atomic mass is 10.1. The summed E-state index contributed by atoms with van der Waals surface area (Å²) in [5.41, 5.74) is 2.38. The molecule has 5 nitrogen and oxygen atoms in total. The maximum absolute atomic E-state index is 13.0. The predicted molar refractivity (Wildman–Crippen MR) is 127 cm³/mol. The number of aryl methyl sites for hydroxylation is 1. The smallest absolute Gasteiger partial charge is 0.335 e. The Balaban J connectivity index is 1.62. The van der Waals surface area contributed by atoms with Gasteiger partial charge in [0, 0.05) is 15.3 Å². The minimum Gasteiger partial charge on any atom is -0.478 e. The third kappa shape index (κ3) is 4.76. The molecule has 1 aromatic heterocycles. The highest BCUT2D eigenvalue weighted by Gasteiger charge is 2.20. The fourth-order valence-electron chi connectivity index (χ4n) is 3.13. The van der Waals surface area contributed by atoms with Crippen molar-refractivity contribution >= 4 is 54.9 Å². The zero-order valence-electron chi connectivity index (χ0n) is 16.5. The van der Waals surface area contributed by atoms with Crippen molar-refractivity contribution in [2.75, 3.05) is 4.72 Å². The van der Waals surface area contributed by atoms with Gasteiger partial charge in [0.05, 0.1) is 11.3 Å². The monoisotopic (exact) mass is 469 g/mol. The summed E-state index contributed by atoms with van der Waals surface area (Å²) in [5, 5.41) is 10.3. The van der Waals surface area contributed by atoms with Crippen molar-refractivity contribution in [3.63, 3.8) is 0 Å². The minimum atomic E-state index is -3.75. The highest BCUT2D eigenvalue weighted by atomic mass is 32.2. The Kier molecular flexibility index (Phi) is 6.04. The van der Waals surface area contributed by atoms with E-state index in [2.05, 4.69) is 4.72 Å². The first-order valence-electron chi connectivity index (χ1n) is 9.39. The van der Waals surface area contributed by atoms with Gasteiger partial charge in [-0.25, -0.2) is 13.2 Å². The third-order valence-electron chi connectivity index (χ3n) is 4.68. The van der Waals surface area contributed by atoms with Crippen LogP contribution in [0.25, 0.3) is 10.1 Å². The molecule has 4 aromatic rings. The number of hydrogen-bond donors (Lipinski definition) is 2. The number of hydrogen-bond acceptors (Lipinski definition) is 5. The molecule has 4 rings (SSSR count). The molecule has 0 unspecified atom stereocenters. The van der Waals surface area contributed by atoms with E-state index in [-0.39, 0.29) is 9.77 Å². The number of nitrogens with one attached hydrogen (secondary N) is 1. The standard InChI is InChI=1S/C23H19NO4S3/c1-15-10-11-19(21(12-15)29-14-17-7-2-4-8-18(17)23(25)26)24-31(27,28)22-13-16-6-3-5-9-20(16)30-22/h2-13,24H,14H2,1H3,(H,25,26). The summed E-state index contributed by atoms with van der Waals surface area (Å²) in [6.45, 7) is 1.93. The SMILES string of the molecule is Cc1ccc(NS(=O)(=O)c2cc3ccccc3s2)c(SCc2ccccc2C(=O)O)c1. The normalized spacial score (nSPS) is 11.5. The number of sulfonamides is 1. The minimum absolute atomic E-state index is 0.245. The number of aromatic carboxylic acids is 1. The van der Waals surface area contributed by atoms with Crippen LogP contribution in [-0.2, 0) is 15.8 Å². The van der Waals surface area contributed by atoms with Crippen molar-refractivity contribution < 1.29 is 18.3 Å². The van der Waals surface area contributed by atoms with E-state index in [1.165, 1.54) is 23.1 Å². The molecule has 8 heteroatoms. The van der Waals surface area contributed by atoms with Crippen LogP contribution in [0.1, 0.15) is 21.5 Å². The van der Waals surface area contributed by atoms with Crippen LogP contribution in [0.4, 0.5) is 5.69 Å². The molecule has 0 fully saturated rings. The molecule has 0 aliphatic carbocycles. The zero-order chi connectivity index (χ0) is 22.0. The van der Waals surface area contributed by atoms with Gasteiger partial charge in [-0.05, 0) is 53.8 Å². The average molecular weight is 470 g/mol. The molecule has 0 atom stereocenters. The fourth-order valence-corrected chi connectivity index (χ4v) is 6.78. The van der Waals surface area contributed by atoms with Gasteiger partial charge in [-0.15, -0.1) is 23.1 Å². The maximum atomic E-state index is 13.0. The van der Waals surface area contributed by atoms with Gasteiger partial charge in [-0.1, -0.05) is 42.5 Å². The summed E-state index contributed by atoms with van der Waals surface area (Å²) in [5.74, 6) is -0.574. The van der Waals surface area contributed by atoms with Gasteiger partial charge in [0.1, 0.15) is 4.21 Å². The van der Waals surface area contributed by atoms with Gasteiger partial charge >= 0.3 is 5.97 Å². The fraction of sp³-hybridized carbons (Fsp3) is 0.0870. The second kappa shape index (κ2) is 8.74. The van der Waals surface area contributed by atoms with Crippen molar-refractivity contribution in [2.45, 2.75) is 21.8 Å². The highest BCUT2D eigenvalue weighted by molar-refractivity contribution is 7.99. The predicted octanol–water partition coefficient (Wildman–Crippen LogP) is 6.00. The molecule has 0 radical (unpaired) electrons. The van der Waals surface area contributed by atoms with Crippen LogP contribution in [0.2, 0.25) is 0 Å². The van der Waals surface area contributed by atoms with Crippen LogP contribution in [0.15, 0.2) is 81.9 Å². The molecule has 0 bridgehead atoms. The van der Waals surface area contributed by atoms with Crippen LogP contribution in [0.3, 0.4) is 0 Å². The van der Waals surface area contributed by atoms with Crippen LogP contribution < -0.4 is 4.72 Å². The lowest BCUT2D eigenvalue weighted by Crippen LogP contribution is -2.12. The summed E-state index contributed by atoms with van der Waals surface area (Å²) in [7, 11) is -3.75. The van der Waals surface area contributed by atoms with E-state index in [9.17, 15) is 18.3 Å². The Bertz CT molecular complexity index is 1340. The van der Waals surface area contributed by atoms with E-state index in [1.807, 2.05) is 43.3 Å². The second-order valence-electron chi connectivity index (χ2n) is 6.96. The molecule has 0 aliphatic heterocycles. The van der Waals surface area contributed by atoms with Crippen molar-refractivity contribution in [3.05, 3.63) is 89.5 Å². The molecule has 2 N–H and O–H groups in total. The van der Waals surface area contributed by atoms with Gasteiger partial charge in [-0.2, -0.15) is 0 Å². The second-order valence-corrected chi connectivity index (χ2v) is 11.0. The lowest BCUT2D eigenvalue weighted by molar-refractivity contribution is 0.0696. The Morgan fingerprint density at radius 3 is 2.55 bits per heavy atom. The summed E-state index contributed by atoms with van der Waals surface area (Å²) in [4.78, 5) is 12.2. The molecule has 1 heterocycles. The molecule has 158 valence electrons. The molecular weight excluding hydrogens is 450 g/mol. The van der Waals surface area contributed by atoms with Crippen molar-refractivity contribution in [1.29, 1.82) is 0 Å². The molecule has 0 saturated carbocycles. The molecule has 3 aromatic carbocycles. The van der Waals surface area contributed by atoms with Crippen LogP contribution in [0, 0.1) is 6.92 Å². The van der Waals surface area contributed by atoms with Gasteiger partial charge in [-0.3, -0.25) is 4.72 Å². The number of fused-ring (bicyclic) bond motifs is 1. The largest absolute Gasteiger partial charge is 0.478 e. The summed E-state index contributed by atoms with van der Waals surface area (Å²) in [6.07, 6.45) is 0. The van der Waals surface area contributed by atoms with Gasteiger partial charge in [0.25, 0.3) is 10.0 Å². The number of rotatable bonds is 7. The number of carboxylic acids is 1. The third-order valence-corrected chi connectivity index (χ3v) is 8.74. The average Bonchev–Trinajstić information content (AvgIpc) is 3.19. The Morgan fingerprint density at radius 2 is 1.77 bits per heavy atom. The number of thioether (sulfide) groups is 1. The zero-order valence-corrected chi connectivity index (χ0v) is 19.0. The highest BCUT2D eigenvalue weighted by Crippen LogP contribution is 2.35. The molecule has 31 heavy (non-hydrogen) atoms. The van der Waals surface area contributed by atoms with Crippen LogP contribution in [0.5, 0.6) is 0 Å². The first kappa shape index (κ1) is 21.4. The Labute approximate surface area is 188 Å². The van der Waals surface area contributed by atoms with Crippen molar-refractivity contribution in [3.8, 4) is 0 Å². The molecule has 0 amide bonds. The lowest BCUT2D eigenvalue weighted by Gasteiger charge is -2.13. The van der Waals surface area contributed by atoms with E-state index in [1.54, 1.807) is 36.4 Å². The molecular formula is C23H19NO4S3. The number of benzene rings is 3. The topological polar surface area (TPSA) is 83.5 Å².